The van der Waals surface area contributed by atoms with E-state index in [0.717, 1.165) is 11.4 Å². The molecule has 0 aliphatic carbocycles. The van der Waals surface area contributed by atoms with Crippen molar-refractivity contribution in [3.05, 3.63) is 29.3 Å². The molecule has 0 unspecified atom stereocenters. The summed E-state index contributed by atoms with van der Waals surface area (Å²) in [6.45, 7) is 0. The summed E-state index contributed by atoms with van der Waals surface area (Å²) in [6, 6.07) is 1.55. The molecule has 1 rings (SSSR count). The highest BCUT2D eigenvalue weighted by Gasteiger charge is 2.41. The Morgan fingerprint density at radius 2 is 1.60 bits per heavy atom. The highest BCUT2D eigenvalue weighted by molar-refractivity contribution is 5.97. The van der Waals surface area contributed by atoms with Gasteiger partial charge in [0, 0.05) is 5.56 Å². The number of alkyl halides is 6. The molecule has 0 fully saturated rings. The number of halogens is 6. The third kappa shape index (κ3) is 3.62. The van der Waals surface area contributed by atoms with Crippen molar-refractivity contribution in [2.45, 2.75) is 12.4 Å². The van der Waals surface area contributed by atoms with E-state index in [2.05, 4.69) is 0 Å². The lowest BCUT2D eigenvalue weighted by Gasteiger charge is -2.15. The minimum Gasteiger partial charge on any atom is -0.366 e. The van der Waals surface area contributed by atoms with Crippen LogP contribution in [0, 0.1) is 0 Å². The van der Waals surface area contributed by atoms with Gasteiger partial charge in [-0.2, -0.15) is 26.3 Å². The molecule has 1 aromatic rings. The lowest BCUT2D eigenvalue weighted by molar-refractivity contribution is -0.167. The van der Waals surface area contributed by atoms with Crippen LogP contribution >= 0.6 is 0 Å². The van der Waals surface area contributed by atoms with Crippen molar-refractivity contribution in [2.75, 3.05) is 5.32 Å². The number of anilines is 1. The average Bonchev–Trinajstić information content (AvgIpc) is 2.26. The lowest BCUT2D eigenvalue weighted by atomic mass is 10.1. The molecule has 0 radical (unpaired) electrons. The summed E-state index contributed by atoms with van der Waals surface area (Å²) < 4.78 is 74.0. The molecular formula is C10H6F6N2O2. The molecule has 0 saturated carbocycles. The molecule has 0 aromatic heterocycles. The third-order valence-corrected chi connectivity index (χ3v) is 2.12. The first-order valence-electron chi connectivity index (χ1n) is 4.82. The first-order chi connectivity index (χ1) is 8.93. The van der Waals surface area contributed by atoms with Crippen LogP contribution < -0.4 is 11.1 Å². The molecule has 0 saturated heterocycles. The van der Waals surface area contributed by atoms with Gasteiger partial charge in [0.15, 0.2) is 0 Å². The quantitative estimate of drug-likeness (QED) is 0.823. The first-order valence-corrected chi connectivity index (χ1v) is 4.82. The van der Waals surface area contributed by atoms with Crippen molar-refractivity contribution in [3.63, 3.8) is 0 Å². The molecule has 0 atom stereocenters. The van der Waals surface area contributed by atoms with Gasteiger partial charge < -0.3 is 11.1 Å². The van der Waals surface area contributed by atoms with Crippen LogP contribution in [0.1, 0.15) is 15.9 Å². The molecular weight excluding hydrogens is 294 g/mol. The van der Waals surface area contributed by atoms with E-state index < -0.39 is 41.0 Å². The van der Waals surface area contributed by atoms with Gasteiger partial charge in [0.25, 0.3) is 0 Å². The van der Waals surface area contributed by atoms with Crippen molar-refractivity contribution in [2.24, 2.45) is 5.73 Å². The number of carbonyl (C=O) groups excluding carboxylic acids is 2. The van der Waals surface area contributed by atoms with Crippen LogP contribution in [-0.2, 0) is 11.0 Å². The van der Waals surface area contributed by atoms with Gasteiger partial charge in [-0.3, -0.25) is 9.59 Å². The molecule has 4 nitrogen and oxygen atoms in total. The maximum absolute atomic E-state index is 12.7. The van der Waals surface area contributed by atoms with Gasteiger partial charge in [-0.15, -0.1) is 0 Å². The van der Waals surface area contributed by atoms with Gasteiger partial charge in [-0.1, -0.05) is 0 Å². The zero-order valence-electron chi connectivity index (χ0n) is 9.39. The highest BCUT2D eigenvalue weighted by atomic mass is 19.4. The van der Waals surface area contributed by atoms with Gasteiger partial charge >= 0.3 is 18.3 Å². The SMILES string of the molecule is NC(=O)c1ccc(NC(=O)C(F)(F)F)c(C(F)(F)F)c1. The van der Waals surface area contributed by atoms with Crippen LogP contribution in [0.4, 0.5) is 32.0 Å². The standard InChI is InChI=1S/C10H6F6N2O2/c11-9(12,13)5-3-4(7(17)19)1-2-6(5)18-8(20)10(14,15)16/h1-3H,(H2,17,19)(H,18,20). The van der Waals surface area contributed by atoms with Crippen molar-refractivity contribution in [1.29, 1.82) is 0 Å². The van der Waals surface area contributed by atoms with E-state index in [9.17, 15) is 35.9 Å². The van der Waals surface area contributed by atoms with Gasteiger partial charge in [-0.05, 0) is 18.2 Å². The topological polar surface area (TPSA) is 72.2 Å². The predicted octanol–water partition coefficient (Wildman–Crippen LogP) is 2.31. The Balaban J connectivity index is 3.27. The molecule has 0 heterocycles. The van der Waals surface area contributed by atoms with E-state index in [4.69, 9.17) is 5.73 Å². The van der Waals surface area contributed by atoms with Crippen molar-refractivity contribution in [3.8, 4) is 0 Å². The number of rotatable bonds is 2. The summed E-state index contributed by atoms with van der Waals surface area (Å²) in [5, 5.41) is 1.09. The zero-order valence-corrected chi connectivity index (χ0v) is 9.39. The number of nitrogens with two attached hydrogens (primary N) is 1. The maximum Gasteiger partial charge on any atom is 0.471 e. The predicted molar refractivity (Wildman–Crippen MR) is 54.6 cm³/mol. The summed E-state index contributed by atoms with van der Waals surface area (Å²) in [5.74, 6) is -3.75. The molecule has 3 N–H and O–H groups in total. The number of benzene rings is 1. The number of carbonyl (C=O) groups is 2. The van der Waals surface area contributed by atoms with E-state index in [1.54, 1.807) is 0 Å². The third-order valence-electron chi connectivity index (χ3n) is 2.12. The Bertz CT molecular complexity index is 550. The van der Waals surface area contributed by atoms with Crippen LogP contribution in [0.15, 0.2) is 18.2 Å². The summed E-state index contributed by atoms with van der Waals surface area (Å²) in [6.07, 6.45) is -10.4. The Kier molecular flexibility index (Phi) is 3.97. The largest absolute Gasteiger partial charge is 0.471 e. The summed E-state index contributed by atoms with van der Waals surface area (Å²) in [4.78, 5) is 21.4. The fourth-order valence-electron chi connectivity index (χ4n) is 1.23. The molecule has 110 valence electrons. The second-order valence-electron chi connectivity index (χ2n) is 3.57. The minimum atomic E-state index is -5.34. The molecule has 20 heavy (non-hydrogen) atoms. The van der Waals surface area contributed by atoms with Crippen molar-refractivity contribution >= 4 is 17.5 Å². The second kappa shape index (κ2) is 5.02. The molecule has 0 spiro atoms. The number of hydrogen-bond donors (Lipinski definition) is 2. The van der Waals surface area contributed by atoms with Crippen molar-refractivity contribution in [1.82, 2.24) is 0 Å². The van der Waals surface area contributed by atoms with Crippen LogP contribution in [-0.4, -0.2) is 18.0 Å². The Morgan fingerprint density at radius 1 is 1.05 bits per heavy atom. The molecule has 2 amide bonds. The van der Waals surface area contributed by atoms with E-state index in [-0.39, 0.29) is 6.07 Å². The highest BCUT2D eigenvalue weighted by Crippen LogP contribution is 2.36. The van der Waals surface area contributed by atoms with E-state index in [1.807, 2.05) is 0 Å². The lowest BCUT2D eigenvalue weighted by Crippen LogP contribution is -2.31. The fraction of sp³-hybridized carbons (Fsp3) is 0.200. The fourth-order valence-corrected chi connectivity index (χ4v) is 1.23. The Labute approximate surface area is 107 Å². The molecule has 10 heteroatoms. The molecule has 0 bridgehead atoms. The number of amides is 2. The van der Waals surface area contributed by atoms with Gasteiger partial charge in [0.1, 0.15) is 0 Å². The second-order valence-corrected chi connectivity index (χ2v) is 3.57. The smallest absolute Gasteiger partial charge is 0.366 e. The number of primary amides is 1. The van der Waals surface area contributed by atoms with Gasteiger partial charge in [0.05, 0.1) is 11.3 Å². The summed E-state index contributed by atoms with van der Waals surface area (Å²) in [5.41, 5.74) is 1.49. The van der Waals surface area contributed by atoms with Crippen LogP contribution in [0.25, 0.3) is 0 Å². The average molecular weight is 300 g/mol. The first kappa shape index (κ1) is 15.8. The number of nitrogens with one attached hydrogen (secondary N) is 1. The monoisotopic (exact) mass is 300 g/mol. The molecule has 0 aliphatic rings. The molecule has 1 aromatic carbocycles. The zero-order chi connectivity index (χ0) is 15.7. The molecule has 0 aliphatic heterocycles. The van der Waals surface area contributed by atoms with Crippen LogP contribution in [0.3, 0.4) is 0 Å². The normalized spacial score (nSPS) is 12.1. The summed E-state index contributed by atoms with van der Waals surface area (Å²) in [7, 11) is 0. The number of hydrogen-bond acceptors (Lipinski definition) is 2. The maximum atomic E-state index is 12.7. The van der Waals surface area contributed by atoms with Crippen LogP contribution in [0.2, 0.25) is 0 Å². The van der Waals surface area contributed by atoms with E-state index in [1.165, 1.54) is 0 Å². The minimum absolute atomic E-state index is 0.258. The Morgan fingerprint density at radius 3 is 2.00 bits per heavy atom. The van der Waals surface area contributed by atoms with Crippen LogP contribution in [0.5, 0.6) is 0 Å². The van der Waals surface area contributed by atoms with Gasteiger partial charge in [0.2, 0.25) is 5.91 Å². The van der Waals surface area contributed by atoms with E-state index >= 15 is 0 Å². The van der Waals surface area contributed by atoms with Crippen molar-refractivity contribution < 1.29 is 35.9 Å². The summed E-state index contributed by atoms with van der Waals surface area (Å²) >= 11 is 0. The Hall–Kier alpha value is -2.26. The van der Waals surface area contributed by atoms with E-state index in [0.29, 0.717) is 6.07 Å². The van der Waals surface area contributed by atoms with Gasteiger partial charge in [-0.25, -0.2) is 0 Å².